The van der Waals surface area contributed by atoms with Crippen LogP contribution < -0.4 is 0 Å². The van der Waals surface area contributed by atoms with Crippen LogP contribution in [0.4, 0.5) is 0 Å². The van der Waals surface area contributed by atoms with Gasteiger partial charge in [0.2, 0.25) is 0 Å². The van der Waals surface area contributed by atoms with E-state index >= 15 is 0 Å². The third-order valence-electron chi connectivity index (χ3n) is 4.63. The van der Waals surface area contributed by atoms with Crippen molar-refractivity contribution in [1.82, 2.24) is 9.91 Å². The fraction of sp³-hybridized carbons (Fsp3) is 0.130. The van der Waals surface area contributed by atoms with Gasteiger partial charge in [0, 0.05) is 6.54 Å². The molecule has 1 saturated heterocycles. The molecule has 4 rings (SSSR count). The molecule has 4 nitrogen and oxygen atoms in total. The van der Waals surface area contributed by atoms with E-state index in [0.717, 1.165) is 11.1 Å². The van der Waals surface area contributed by atoms with Crippen LogP contribution in [0.1, 0.15) is 22.9 Å². The number of benzene rings is 3. The van der Waals surface area contributed by atoms with Crippen molar-refractivity contribution in [2.75, 3.05) is 6.54 Å². The SMILES string of the molecule is O=C1CN(Cc2ccccc2)[C@@H](c2ccccc2)N1/N=C\c1ccccc1. The van der Waals surface area contributed by atoms with Gasteiger partial charge in [-0.3, -0.25) is 9.69 Å². The number of amides is 1. The molecule has 27 heavy (non-hydrogen) atoms. The van der Waals surface area contributed by atoms with E-state index in [9.17, 15) is 4.79 Å². The summed E-state index contributed by atoms with van der Waals surface area (Å²) in [6, 6.07) is 30.1. The largest absolute Gasteiger partial charge is 0.271 e. The molecule has 134 valence electrons. The number of carbonyl (C=O) groups is 1. The van der Waals surface area contributed by atoms with Crippen LogP contribution in [-0.4, -0.2) is 28.6 Å². The Labute approximate surface area is 159 Å². The predicted molar refractivity (Wildman–Crippen MR) is 107 cm³/mol. The lowest BCUT2D eigenvalue weighted by Gasteiger charge is -2.27. The van der Waals surface area contributed by atoms with Gasteiger partial charge in [0.05, 0.1) is 12.8 Å². The topological polar surface area (TPSA) is 35.9 Å². The lowest BCUT2D eigenvalue weighted by atomic mass is 10.1. The van der Waals surface area contributed by atoms with Gasteiger partial charge in [-0.05, 0) is 16.7 Å². The van der Waals surface area contributed by atoms with Crippen molar-refractivity contribution in [3.8, 4) is 0 Å². The van der Waals surface area contributed by atoms with E-state index in [-0.39, 0.29) is 12.1 Å². The molecule has 0 aromatic heterocycles. The van der Waals surface area contributed by atoms with Gasteiger partial charge < -0.3 is 0 Å². The molecule has 0 radical (unpaired) electrons. The van der Waals surface area contributed by atoms with Crippen LogP contribution in [0.25, 0.3) is 0 Å². The van der Waals surface area contributed by atoms with Crippen LogP contribution in [0, 0.1) is 0 Å². The van der Waals surface area contributed by atoms with Crippen molar-refractivity contribution in [1.29, 1.82) is 0 Å². The summed E-state index contributed by atoms with van der Waals surface area (Å²) >= 11 is 0. The molecule has 0 N–H and O–H groups in total. The Kier molecular flexibility index (Phi) is 5.08. The van der Waals surface area contributed by atoms with E-state index in [1.165, 1.54) is 5.56 Å². The average molecular weight is 355 g/mol. The highest BCUT2D eigenvalue weighted by Crippen LogP contribution is 2.32. The molecule has 0 bridgehead atoms. The normalized spacial score (nSPS) is 17.7. The highest BCUT2D eigenvalue weighted by Gasteiger charge is 2.38. The molecule has 1 fully saturated rings. The van der Waals surface area contributed by atoms with E-state index in [4.69, 9.17) is 0 Å². The number of nitrogens with zero attached hydrogens (tertiary/aromatic N) is 3. The zero-order chi connectivity index (χ0) is 18.5. The zero-order valence-electron chi connectivity index (χ0n) is 15.0. The molecule has 1 heterocycles. The summed E-state index contributed by atoms with van der Waals surface area (Å²) in [4.78, 5) is 14.9. The Morgan fingerprint density at radius 2 is 1.44 bits per heavy atom. The Morgan fingerprint density at radius 3 is 2.11 bits per heavy atom. The van der Waals surface area contributed by atoms with Crippen molar-refractivity contribution in [3.63, 3.8) is 0 Å². The van der Waals surface area contributed by atoms with Gasteiger partial charge in [0.25, 0.3) is 5.91 Å². The minimum Gasteiger partial charge on any atom is -0.271 e. The van der Waals surface area contributed by atoms with Gasteiger partial charge in [-0.15, -0.1) is 0 Å². The van der Waals surface area contributed by atoms with Gasteiger partial charge in [0.1, 0.15) is 6.17 Å². The number of carbonyl (C=O) groups excluding carboxylic acids is 1. The summed E-state index contributed by atoms with van der Waals surface area (Å²) < 4.78 is 0. The van der Waals surface area contributed by atoms with Crippen LogP contribution in [0.15, 0.2) is 96.1 Å². The van der Waals surface area contributed by atoms with Crippen LogP contribution in [0.2, 0.25) is 0 Å². The Hall–Kier alpha value is -3.24. The van der Waals surface area contributed by atoms with Crippen molar-refractivity contribution in [2.24, 2.45) is 5.10 Å². The van der Waals surface area contributed by atoms with Crippen molar-refractivity contribution >= 4 is 12.1 Å². The number of hydrogen-bond acceptors (Lipinski definition) is 3. The fourth-order valence-corrected chi connectivity index (χ4v) is 3.36. The lowest BCUT2D eigenvalue weighted by molar-refractivity contribution is -0.128. The van der Waals surface area contributed by atoms with Gasteiger partial charge in [-0.1, -0.05) is 91.0 Å². The summed E-state index contributed by atoms with van der Waals surface area (Å²) in [6.07, 6.45) is 1.54. The molecule has 1 atom stereocenters. The monoisotopic (exact) mass is 355 g/mol. The smallest absolute Gasteiger partial charge is 0.258 e. The highest BCUT2D eigenvalue weighted by molar-refractivity contribution is 5.84. The quantitative estimate of drug-likeness (QED) is 0.647. The van der Waals surface area contributed by atoms with E-state index in [1.807, 2.05) is 78.9 Å². The zero-order valence-corrected chi connectivity index (χ0v) is 15.0. The molecule has 1 aliphatic rings. The van der Waals surface area contributed by atoms with Crippen molar-refractivity contribution < 1.29 is 4.79 Å². The standard InChI is InChI=1S/C23H21N3O/c27-22-18-25(17-20-12-6-2-7-13-20)23(21-14-8-3-9-15-21)26(22)24-16-19-10-4-1-5-11-19/h1-16,23H,17-18H2/b24-16-/t23-/m1/s1. The van der Waals surface area contributed by atoms with E-state index < -0.39 is 0 Å². The summed E-state index contributed by atoms with van der Waals surface area (Å²) in [5.41, 5.74) is 3.21. The number of rotatable bonds is 5. The molecule has 1 amide bonds. The molecule has 0 unspecified atom stereocenters. The number of hydrogen-bond donors (Lipinski definition) is 0. The van der Waals surface area contributed by atoms with Crippen LogP contribution in [0.5, 0.6) is 0 Å². The van der Waals surface area contributed by atoms with Gasteiger partial charge in [-0.25, -0.2) is 5.01 Å². The first-order valence-corrected chi connectivity index (χ1v) is 9.05. The second-order valence-corrected chi connectivity index (χ2v) is 6.57. The minimum atomic E-state index is -0.209. The maximum absolute atomic E-state index is 12.8. The molecule has 0 saturated carbocycles. The molecule has 3 aromatic rings. The van der Waals surface area contributed by atoms with Gasteiger partial charge >= 0.3 is 0 Å². The maximum Gasteiger partial charge on any atom is 0.258 e. The third kappa shape index (κ3) is 3.96. The molecule has 3 aromatic carbocycles. The summed E-state index contributed by atoms with van der Waals surface area (Å²) in [5.74, 6) is 0.00645. The molecule has 1 aliphatic heterocycles. The maximum atomic E-state index is 12.8. The van der Waals surface area contributed by atoms with Gasteiger partial charge in [0.15, 0.2) is 0 Å². The van der Waals surface area contributed by atoms with Crippen LogP contribution >= 0.6 is 0 Å². The van der Waals surface area contributed by atoms with E-state index in [2.05, 4.69) is 22.1 Å². The van der Waals surface area contributed by atoms with Crippen molar-refractivity contribution in [2.45, 2.75) is 12.7 Å². The predicted octanol–water partition coefficient (Wildman–Crippen LogP) is 4.06. The lowest BCUT2D eigenvalue weighted by Crippen LogP contribution is -2.28. The average Bonchev–Trinajstić information content (AvgIpc) is 3.03. The van der Waals surface area contributed by atoms with E-state index in [1.54, 1.807) is 11.2 Å². The molecular formula is C23H21N3O. The molecule has 4 heteroatoms. The van der Waals surface area contributed by atoms with Gasteiger partial charge in [-0.2, -0.15) is 5.10 Å². The summed E-state index contributed by atoms with van der Waals surface area (Å²) in [6.45, 7) is 1.05. The molecule has 0 aliphatic carbocycles. The minimum absolute atomic E-state index is 0.00645. The van der Waals surface area contributed by atoms with E-state index in [0.29, 0.717) is 13.1 Å². The second-order valence-electron chi connectivity index (χ2n) is 6.57. The van der Waals surface area contributed by atoms with Crippen molar-refractivity contribution in [3.05, 3.63) is 108 Å². The Bertz CT molecular complexity index is 910. The van der Waals surface area contributed by atoms with Crippen LogP contribution in [-0.2, 0) is 11.3 Å². The Balaban J connectivity index is 1.64. The fourth-order valence-electron chi connectivity index (χ4n) is 3.36. The summed E-state index contributed by atoms with van der Waals surface area (Å²) in [7, 11) is 0. The third-order valence-corrected chi connectivity index (χ3v) is 4.63. The van der Waals surface area contributed by atoms with Crippen LogP contribution in [0.3, 0.4) is 0 Å². The first-order valence-electron chi connectivity index (χ1n) is 9.05. The number of hydrazone groups is 1. The molecular weight excluding hydrogens is 334 g/mol. The molecule has 0 spiro atoms. The summed E-state index contributed by atoms with van der Waals surface area (Å²) in [5, 5.41) is 6.14. The first-order chi connectivity index (χ1) is 13.3. The highest BCUT2D eigenvalue weighted by atomic mass is 16.2. The first kappa shape index (κ1) is 17.2. The Morgan fingerprint density at radius 1 is 0.852 bits per heavy atom. The second kappa shape index (κ2) is 7.98.